The maximum atomic E-state index is 13.2. The van der Waals surface area contributed by atoms with E-state index in [0.29, 0.717) is 50.0 Å². The van der Waals surface area contributed by atoms with Crippen LogP contribution in [0.2, 0.25) is 5.02 Å². The summed E-state index contributed by atoms with van der Waals surface area (Å²) in [7, 11) is 0. The van der Waals surface area contributed by atoms with Gasteiger partial charge in [0.2, 0.25) is 0 Å². The molecule has 0 saturated carbocycles. The van der Waals surface area contributed by atoms with Crippen molar-refractivity contribution in [2.45, 2.75) is 20.1 Å². The number of halogens is 3. The van der Waals surface area contributed by atoms with Crippen molar-refractivity contribution in [2.75, 3.05) is 11.5 Å². The molecular formula is C33H25Br2ClN2O6. The highest BCUT2D eigenvalue weighted by molar-refractivity contribution is 9.11. The topological polar surface area (TPSA) is 94.2 Å². The lowest BCUT2D eigenvalue weighted by Gasteiger charge is -2.26. The van der Waals surface area contributed by atoms with Gasteiger partial charge in [-0.1, -0.05) is 48.0 Å². The van der Waals surface area contributed by atoms with Gasteiger partial charge in [0.25, 0.3) is 11.8 Å². The van der Waals surface area contributed by atoms with Gasteiger partial charge in [0.15, 0.2) is 11.5 Å². The Bertz CT molecular complexity index is 1720. The number of nitrogens with one attached hydrogen (secondary N) is 1. The van der Waals surface area contributed by atoms with Crippen molar-refractivity contribution >= 4 is 73.1 Å². The van der Waals surface area contributed by atoms with E-state index in [1.165, 1.54) is 18.2 Å². The zero-order valence-corrected chi connectivity index (χ0v) is 27.2. The Hall–Kier alpha value is -4.12. The normalized spacial score (nSPS) is 14.0. The molecule has 1 aliphatic heterocycles. The molecule has 224 valence electrons. The van der Waals surface area contributed by atoms with E-state index < -0.39 is 17.8 Å². The number of urea groups is 1. The lowest BCUT2D eigenvalue weighted by molar-refractivity contribution is -0.122. The Morgan fingerprint density at radius 3 is 2.16 bits per heavy atom. The van der Waals surface area contributed by atoms with E-state index in [9.17, 15) is 14.4 Å². The molecule has 0 atom stereocenters. The summed E-state index contributed by atoms with van der Waals surface area (Å²) in [5.41, 5.74) is 2.52. The number of rotatable bonds is 10. The largest absolute Gasteiger partial charge is 0.490 e. The third-order valence-electron chi connectivity index (χ3n) is 6.45. The summed E-state index contributed by atoms with van der Waals surface area (Å²) in [6, 6.07) is 24.3. The van der Waals surface area contributed by atoms with E-state index in [1.54, 1.807) is 24.3 Å². The minimum atomic E-state index is -0.839. The molecule has 0 bridgehead atoms. The molecule has 4 amide bonds. The number of hydrogen-bond acceptors (Lipinski definition) is 6. The number of imide groups is 2. The fraction of sp³-hybridized carbons (Fsp3) is 0.121. The molecule has 0 spiro atoms. The molecule has 11 heteroatoms. The first-order valence-corrected chi connectivity index (χ1v) is 15.4. The number of anilines is 1. The second-order valence-corrected chi connectivity index (χ2v) is 11.7. The molecule has 0 radical (unpaired) electrons. The third-order valence-corrected chi connectivity index (χ3v) is 7.88. The summed E-state index contributed by atoms with van der Waals surface area (Å²) in [6.45, 7) is 3.04. The van der Waals surface area contributed by atoms with Crippen molar-refractivity contribution in [3.05, 3.63) is 121 Å². The lowest BCUT2D eigenvalue weighted by atomic mass is 10.1. The first kappa shape index (κ1) is 31.3. The molecule has 0 aromatic heterocycles. The summed E-state index contributed by atoms with van der Waals surface area (Å²) in [5.74, 6) is 0.226. The Kier molecular flexibility index (Phi) is 10.0. The first-order chi connectivity index (χ1) is 21.2. The molecule has 44 heavy (non-hydrogen) atoms. The molecule has 5 rings (SSSR count). The van der Waals surface area contributed by atoms with E-state index >= 15 is 0 Å². The quantitative estimate of drug-likeness (QED) is 0.131. The predicted octanol–water partition coefficient (Wildman–Crippen LogP) is 8.09. The van der Waals surface area contributed by atoms with Crippen molar-refractivity contribution in [2.24, 2.45) is 0 Å². The monoisotopic (exact) mass is 738 g/mol. The van der Waals surface area contributed by atoms with Crippen LogP contribution in [0.4, 0.5) is 10.5 Å². The second kappa shape index (κ2) is 14.1. The van der Waals surface area contributed by atoms with Crippen molar-refractivity contribution in [3.63, 3.8) is 0 Å². The van der Waals surface area contributed by atoms with Crippen molar-refractivity contribution in [3.8, 4) is 17.2 Å². The molecule has 1 saturated heterocycles. The molecule has 4 aromatic carbocycles. The summed E-state index contributed by atoms with van der Waals surface area (Å²) in [5, 5.41) is 2.66. The fourth-order valence-corrected chi connectivity index (χ4v) is 5.95. The van der Waals surface area contributed by atoms with Gasteiger partial charge in [-0.15, -0.1) is 0 Å². The number of hydrogen-bond donors (Lipinski definition) is 1. The molecule has 8 nitrogen and oxygen atoms in total. The van der Waals surface area contributed by atoms with Crippen LogP contribution in [0.15, 0.2) is 99.4 Å². The van der Waals surface area contributed by atoms with Crippen LogP contribution in [0, 0.1) is 0 Å². The van der Waals surface area contributed by atoms with Gasteiger partial charge >= 0.3 is 6.03 Å². The second-order valence-electron chi connectivity index (χ2n) is 9.52. The van der Waals surface area contributed by atoms with Crippen molar-refractivity contribution in [1.29, 1.82) is 0 Å². The van der Waals surface area contributed by atoms with Gasteiger partial charge in [-0.05, 0) is 110 Å². The van der Waals surface area contributed by atoms with Crippen LogP contribution >= 0.6 is 43.5 Å². The first-order valence-electron chi connectivity index (χ1n) is 13.4. The Balaban J connectivity index is 1.31. The van der Waals surface area contributed by atoms with Gasteiger partial charge in [-0.25, -0.2) is 9.69 Å². The number of carbonyl (C=O) groups is 3. The number of ether oxygens (including phenoxy) is 3. The third kappa shape index (κ3) is 7.32. The van der Waals surface area contributed by atoms with Crippen LogP contribution in [0.3, 0.4) is 0 Å². The van der Waals surface area contributed by atoms with Gasteiger partial charge in [0.1, 0.15) is 24.5 Å². The molecule has 1 fully saturated rings. The molecule has 0 aliphatic carbocycles. The van der Waals surface area contributed by atoms with Crippen LogP contribution < -0.4 is 24.4 Å². The lowest BCUT2D eigenvalue weighted by Crippen LogP contribution is -2.54. The van der Waals surface area contributed by atoms with E-state index in [1.807, 2.05) is 55.5 Å². The standard InChI is InChI=1S/C33H25Br2ClN2O6/c1-2-42-29-17-21(8-13-28(29)43-18-20-6-4-3-5-7-20)19-44-30-26(34)15-22(16-27(30)35)14-25-31(39)37-33(41)38(32(25)40)24-11-9-23(36)10-12-24/h3-17H,2,18-19H2,1H3,(H,37,39,41)/b25-14-. The fourth-order valence-electron chi connectivity index (χ4n) is 4.37. The summed E-state index contributed by atoms with van der Waals surface area (Å²) >= 11 is 13.0. The van der Waals surface area contributed by atoms with Crippen molar-refractivity contribution in [1.82, 2.24) is 5.32 Å². The maximum absolute atomic E-state index is 13.2. The van der Waals surface area contributed by atoms with Crippen LogP contribution in [-0.4, -0.2) is 24.5 Å². The molecular weight excluding hydrogens is 716 g/mol. The van der Waals surface area contributed by atoms with Crippen molar-refractivity contribution < 1.29 is 28.6 Å². The highest BCUT2D eigenvalue weighted by Crippen LogP contribution is 2.37. The summed E-state index contributed by atoms with van der Waals surface area (Å²) in [4.78, 5) is 39.2. The smallest absolute Gasteiger partial charge is 0.335 e. The molecule has 0 unspecified atom stereocenters. The summed E-state index contributed by atoms with van der Waals surface area (Å²) < 4.78 is 19.1. The van der Waals surface area contributed by atoms with E-state index in [0.717, 1.165) is 16.0 Å². The van der Waals surface area contributed by atoms with Gasteiger partial charge < -0.3 is 14.2 Å². The number of benzene rings is 4. The average Bonchev–Trinajstić information content (AvgIpc) is 3.00. The minimum absolute atomic E-state index is 0.204. The van der Waals surface area contributed by atoms with E-state index in [2.05, 4.69) is 37.2 Å². The van der Waals surface area contributed by atoms with Crippen LogP contribution in [-0.2, 0) is 22.8 Å². The van der Waals surface area contributed by atoms with Crippen LogP contribution in [0.5, 0.6) is 17.2 Å². The summed E-state index contributed by atoms with van der Waals surface area (Å²) in [6.07, 6.45) is 1.41. The van der Waals surface area contributed by atoms with Gasteiger partial charge in [-0.2, -0.15) is 0 Å². The van der Waals surface area contributed by atoms with Gasteiger partial charge in [0, 0.05) is 5.02 Å². The molecule has 1 heterocycles. The van der Waals surface area contributed by atoms with Gasteiger partial charge in [-0.3, -0.25) is 14.9 Å². The van der Waals surface area contributed by atoms with E-state index in [-0.39, 0.29) is 17.9 Å². The van der Waals surface area contributed by atoms with Gasteiger partial charge in [0.05, 0.1) is 21.2 Å². The highest BCUT2D eigenvalue weighted by Gasteiger charge is 2.36. The number of carbonyl (C=O) groups excluding carboxylic acids is 3. The zero-order valence-electron chi connectivity index (χ0n) is 23.3. The molecule has 4 aromatic rings. The Morgan fingerprint density at radius 2 is 1.48 bits per heavy atom. The highest BCUT2D eigenvalue weighted by atomic mass is 79.9. The Morgan fingerprint density at radius 1 is 0.795 bits per heavy atom. The SMILES string of the molecule is CCOc1cc(COc2c(Br)cc(/C=C3/C(=O)NC(=O)N(c4ccc(Cl)cc4)C3=O)cc2Br)ccc1OCc1ccccc1. The number of barbiturate groups is 1. The number of nitrogens with zero attached hydrogens (tertiary/aromatic N) is 1. The van der Waals surface area contributed by atoms with E-state index in [4.69, 9.17) is 25.8 Å². The minimum Gasteiger partial charge on any atom is -0.490 e. The number of amides is 4. The molecule has 1 aliphatic rings. The van der Waals surface area contributed by atoms with Crippen LogP contribution in [0.1, 0.15) is 23.6 Å². The Labute approximate surface area is 275 Å². The average molecular weight is 741 g/mol. The molecule has 1 N–H and O–H groups in total. The maximum Gasteiger partial charge on any atom is 0.335 e. The predicted molar refractivity (Wildman–Crippen MR) is 175 cm³/mol. The van der Waals surface area contributed by atoms with Crippen LogP contribution in [0.25, 0.3) is 6.08 Å². The zero-order chi connectivity index (χ0) is 31.2.